The van der Waals surface area contributed by atoms with Gasteiger partial charge in [0.25, 0.3) is 0 Å². The van der Waals surface area contributed by atoms with Crippen LogP contribution in [0.5, 0.6) is 0 Å². The standard InChI is InChI=1S/C7H12.H2O2/c1-7-5-3-2-4-6-7;1-2/h3,5,7H,2,4,6H2,1H3;1-2H. The van der Waals surface area contributed by atoms with Gasteiger partial charge < -0.3 is 0 Å². The molecule has 1 unspecified atom stereocenters. The second-order valence-electron chi connectivity index (χ2n) is 2.34. The minimum atomic E-state index is 0.855. The zero-order valence-corrected chi connectivity index (χ0v) is 5.75. The molecule has 54 valence electrons. The summed E-state index contributed by atoms with van der Waals surface area (Å²) in [7, 11) is 0. The lowest BCUT2D eigenvalue weighted by Gasteiger charge is -2.08. The maximum atomic E-state index is 6.00. The average molecular weight is 130 g/mol. The average Bonchev–Trinajstić information content (AvgIpc) is 1.94. The lowest BCUT2D eigenvalue weighted by molar-refractivity contribution is -0.176. The van der Waals surface area contributed by atoms with Crippen molar-refractivity contribution in [1.29, 1.82) is 0 Å². The summed E-state index contributed by atoms with van der Waals surface area (Å²) < 4.78 is 0. The van der Waals surface area contributed by atoms with Crippen LogP contribution >= 0.6 is 0 Å². The molecule has 0 amide bonds. The number of allylic oxidation sites excluding steroid dienone is 2. The van der Waals surface area contributed by atoms with Crippen LogP contribution in [-0.2, 0) is 0 Å². The van der Waals surface area contributed by atoms with E-state index in [0.29, 0.717) is 0 Å². The van der Waals surface area contributed by atoms with Crippen LogP contribution in [0.4, 0.5) is 0 Å². The van der Waals surface area contributed by atoms with Crippen molar-refractivity contribution >= 4 is 0 Å². The van der Waals surface area contributed by atoms with E-state index in [1.165, 1.54) is 19.3 Å². The minimum Gasteiger partial charge on any atom is -0.255 e. The van der Waals surface area contributed by atoms with Gasteiger partial charge in [-0.25, -0.2) is 0 Å². The highest BCUT2D eigenvalue weighted by atomic mass is 17.0. The Morgan fingerprint density at radius 2 is 2.11 bits per heavy atom. The van der Waals surface area contributed by atoms with E-state index in [2.05, 4.69) is 19.1 Å². The SMILES string of the molecule is CC1C=CCCC1.OO. The maximum Gasteiger partial charge on any atom is -0.0262 e. The second kappa shape index (κ2) is 5.79. The normalized spacial score (nSPS) is 24.6. The first-order valence-corrected chi connectivity index (χ1v) is 3.26. The Balaban J connectivity index is 0.000000291. The van der Waals surface area contributed by atoms with Crippen molar-refractivity contribution in [3.63, 3.8) is 0 Å². The van der Waals surface area contributed by atoms with E-state index < -0.39 is 0 Å². The zero-order valence-electron chi connectivity index (χ0n) is 5.75. The van der Waals surface area contributed by atoms with Crippen molar-refractivity contribution in [2.45, 2.75) is 26.2 Å². The lowest BCUT2D eigenvalue weighted by Crippen LogP contribution is -1.92. The lowest BCUT2D eigenvalue weighted by atomic mass is 9.98. The Labute approximate surface area is 55.8 Å². The van der Waals surface area contributed by atoms with Gasteiger partial charge in [-0.3, -0.25) is 10.5 Å². The molecule has 0 aromatic heterocycles. The third-order valence-corrected chi connectivity index (χ3v) is 1.49. The first-order valence-electron chi connectivity index (χ1n) is 3.26. The van der Waals surface area contributed by atoms with Crippen LogP contribution in [0.3, 0.4) is 0 Å². The molecule has 0 radical (unpaired) electrons. The highest BCUT2D eigenvalue weighted by molar-refractivity contribution is 4.90. The molecule has 9 heavy (non-hydrogen) atoms. The topological polar surface area (TPSA) is 40.5 Å². The molecule has 0 aliphatic heterocycles. The van der Waals surface area contributed by atoms with E-state index in [1.807, 2.05) is 0 Å². The van der Waals surface area contributed by atoms with Crippen LogP contribution in [-0.4, -0.2) is 10.5 Å². The first-order chi connectivity index (χ1) is 4.39. The fraction of sp³-hybridized carbons (Fsp3) is 0.714. The molecule has 1 atom stereocenters. The molecule has 2 heteroatoms. The quantitative estimate of drug-likeness (QED) is 0.300. The Hall–Kier alpha value is -0.340. The second-order valence-corrected chi connectivity index (χ2v) is 2.34. The van der Waals surface area contributed by atoms with Crippen LogP contribution in [0.2, 0.25) is 0 Å². The Morgan fingerprint density at radius 1 is 1.44 bits per heavy atom. The maximum absolute atomic E-state index is 6.00. The third kappa shape index (κ3) is 4.18. The Bertz CT molecular complexity index is 79.0. The van der Waals surface area contributed by atoms with Gasteiger partial charge in [-0.05, 0) is 25.2 Å². The largest absolute Gasteiger partial charge is 0.255 e. The fourth-order valence-corrected chi connectivity index (χ4v) is 0.982. The van der Waals surface area contributed by atoms with Gasteiger partial charge in [-0.1, -0.05) is 19.1 Å². The minimum absolute atomic E-state index is 0.855. The molecule has 1 aliphatic rings. The van der Waals surface area contributed by atoms with E-state index in [4.69, 9.17) is 10.5 Å². The summed E-state index contributed by atoms with van der Waals surface area (Å²) in [5.41, 5.74) is 0. The van der Waals surface area contributed by atoms with Gasteiger partial charge >= 0.3 is 0 Å². The van der Waals surface area contributed by atoms with Crippen LogP contribution in [0.1, 0.15) is 26.2 Å². The predicted molar refractivity (Wildman–Crippen MR) is 37.4 cm³/mol. The van der Waals surface area contributed by atoms with E-state index in [9.17, 15) is 0 Å². The van der Waals surface area contributed by atoms with Crippen molar-refractivity contribution < 1.29 is 10.5 Å². The van der Waals surface area contributed by atoms with Gasteiger partial charge in [0.05, 0.1) is 0 Å². The highest BCUT2D eigenvalue weighted by Gasteiger charge is 1.98. The van der Waals surface area contributed by atoms with Crippen LogP contribution < -0.4 is 0 Å². The number of rotatable bonds is 0. The summed E-state index contributed by atoms with van der Waals surface area (Å²) >= 11 is 0. The summed E-state index contributed by atoms with van der Waals surface area (Å²) in [6, 6.07) is 0. The molecule has 0 spiro atoms. The van der Waals surface area contributed by atoms with E-state index in [0.717, 1.165) is 5.92 Å². The summed E-state index contributed by atoms with van der Waals surface area (Å²) in [4.78, 5) is 0. The van der Waals surface area contributed by atoms with Crippen LogP contribution in [0.15, 0.2) is 12.2 Å². The Kier molecular flexibility index (Phi) is 5.57. The van der Waals surface area contributed by atoms with Gasteiger partial charge in [0, 0.05) is 0 Å². The smallest absolute Gasteiger partial charge is 0.0262 e. The van der Waals surface area contributed by atoms with Crippen molar-refractivity contribution in [3.8, 4) is 0 Å². The summed E-state index contributed by atoms with van der Waals surface area (Å²) in [6.45, 7) is 2.27. The molecule has 0 saturated carbocycles. The first kappa shape index (κ1) is 8.66. The van der Waals surface area contributed by atoms with Crippen molar-refractivity contribution in [2.24, 2.45) is 5.92 Å². The molecule has 0 saturated heterocycles. The van der Waals surface area contributed by atoms with Gasteiger partial charge in [0.15, 0.2) is 0 Å². The van der Waals surface area contributed by atoms with Crippen LogP contribution in [0.25, 0.3) is 0 Å². The Morgan fingerprint density at radius 3 is 2.33 bits per heavy atom. The molecule has 0 aromatic carbocycles. The van der Waals surface area contributed by atoms with Crippen LogP contribution in [0, 0.1) is 5.92 Å². The molecule has 0 bridgehead atoms. The fourth-order valence-electron chi connectivity index (χ4n) is 0.982. The molecule has 0 aromatic rings. The van der Waals surface area contributed by atoms with Gasteiger partial charge in [0.1, 0.15) is 0 Å². The van der Waals surface area contributed by atoms with Gasteiger partial charge in [-0.2, -0.15) is 0 Å². The van der Waals surface area contributed by atoms with E-state index >= 15 is 0 Å². The van der Waals surface area contributed by atoms with Crippen molar-refractivity contribution in [1.82, 2.24) is 0 Å². The van der Waals surface area contributed by atoms with Gasteiger partial charge in [0.2, 0.25) is 0 Å². The van der Waals surface area contributed by atoms with Crippen molar-refractivity contribution in [3.05, 3.63) is 12.2 Å². The van der Waals surface area contributed by atoms with E-state index in [1.54, 1.807) is 0 Å². The molecular weight excluding hydrogens is 116 g/mol. The molecule has 2 N–H and O–H groups in total. The third-order valence-electron chi connectivity index (χ3n) is 1.49. The predicted octanol–water partition coefficient (Wildman–Crippen LogP) is 2.38. The van der Waals surface area contributed by atoms with Crippen molar-refractivity contribution in [2.75, 3.05) is 0 Å². The summed E-state index contributed by atoms with van der Waals surface area (Å²) in [5.74, 6) is 0.855. The molecule has 0 fully saturated rings. The van der Waals surface area contributed by atoms with E-state index in [-0.39, 0.29) is 0 Å². The summed E-state index contributed by atoms with van der Waals surface area (Å²) in [6.07, 6.45) is 8.70. The molecule has 2 nitrogen and oxygen atoms in total. The molecular formula is C7H14O2. The molecule has 1 rings (SSSR count). The van der Waals surface area contributed by atoms with Gasteiger partial charge in [-0.15, -0.1) is 0 Å². The summed E-state index contributed by atoms with van der Waals surface area (Å²) in [5, 5.41) is 12.0. The molecule has 1 aliphatic carbocycles. The number of hydrogen-bond donors (Lipinski definition) is 2. The zero-order chi connectivity index (χ0) is 7.11. The number of hydrogen-bond acceptors (Lipinski definition) is 2. The molecule has 0 heterocycles. The monoisotopic (exact) mass is 130 g/mol. The highest BCUT2D eigenvalue weighted by Crippen LogP contribution is 2.14.